The van der Waals surface area contributed by atoms with E-state index in [0.29, 0.717) is 17.4 Å². The largest absolute Gasteiger partial charge is 0.268 e. The molecule has 1 aromatic carbocycles. The van der Waals surface area contributed by atoms with Gasteiger partial charge in [0, 0.05) is 5.56 Å². The maximum Gasteiger partial charge on any atom is 0.265 e. The van der Waals surface area contributed by atoms with Gasteiger partial charge in [-0.15, -0.1) is 0 Å². The Hall–Kier alpha value is -1.36. The van der Waals surface area contributed by atoms with Gasteiger partial charge in [0.25, 0.3) is 5.91 Å². The zero-order valence-electron chi connectivity index (χ0n) is 12.4. The Labute approximate surface area is 126 Å². The van der Waals surface area contributed by atoms with Crippen LogP contribution in [0.3, 0.4) is 0 Å². The van der Waals surface area contributed by atoms with E-state index in [2.05, 4.69) is 4.72 Å². The highest BCUT2D eigenvalue weighted by Crippen LogP contribution is 2.53. The predicted molar refractivity (Wildman–Crippen MR) is 81.7 cm³/mol. The fraction of sp³-hybridized carbons (Fsp3) is 0.562. The molecule has 1 amide bonds. The summed E-state index contributed by atoms with van der Waals surface area (Å²) in [5.74, 6) is 1.35. The molecular formula is C16H21NO3S. The number of benzene rings is 1. The van der Waals surface area contributed by atoms with Gasteiger partial charge in [-0.3, -0.25) is 4.79 Å². The minimum absolute atomic E-state index is 0.407. The monoisotopic (exact) mass is 307 g/mol. The normalized spacial score (nSPS) is 27.8. The van der Waals surface area contributed by atoms with Crippen LogP contribution in [0.4, 0.5) is 0 Å². The highest BCUT2D eigenvalue weighted by Gasteiger charge is 2.41. The van der Waals surface area contributed by atoms with Crippen LogP contribution in [-0.4, -0.2) is 20.6 Å². The fourth-order valence-electron chi connectivity index (χ4n) is 4.04. The first-order valence-corrected chi connectivity index (χ1v) is 9.35. The minimum Gasteiger partial charge on any atom is -0.268 e. The van der Waals surface area contributed by atoms with Crippen molar-refractivity contribution in [3.8, 4) is 0 Å². The number of rotatable bonds is 3. The third-order valence-electron chi connectivity index (χ3n) is 4.87. The van der Waals surface area contributed by atoms with E-state index < -0.39 is 15.9 Å². The molecule has 2 bridgehead atoms. The topological polar surface area (TPSA) is 63.2 Å². The second-order valence-corrected chi connectivity index (χ2v) is 8.32. The van der Waals surface area contributed by atoms with Crippen LogP contribution in [0.15, 0.2) is 18.2 Å². The van der Waals surface area contributed by atoms with E-state index >= 15 is 0 Å². The Morgan fingerprint density at radius 3 is 2.57 bits per heavy atom. The summed E-state index contributed by atoms with van der Waals surface area (Å²) in [5.41, 5.74) is 2.52. The van der Waals surface area contributed by atoms with E-state index in [1.54, 1.807) is 0 Å². The maximum absolute atomic E-state index is 12.3. The number of carbonyl (C=O) groups is 1. The summed E-state index contributed by atoms with van der Waals surface area (Å²) in [6.07, 6.45) is 5.94. The molecule has 1 N–H and O–H groups in total. The summed E-state index contributed by atoms with van der Waals surface area (Å²) in [7, 11) is -3.53. The number of sulfonamides is 1. The summed E-state index contributed by atoms with van der Waals surface area (Å²) in [6, 6.07) is 5.83. The van der Waals surface area contributed by atoms with Crippen LogP contribution in [0, 0.1) is 18.8 Å². The third kappa shape index (κ3) is 2.98. The molecular weight excluding hydrogens is 286 g/mol. The highest BCUT2D eigenvalue weighted by atomic mass is 32.2. The summed E-state index contributed by atoms with van der Waals surface area (Å²) in [6.45, 7) is 1.92. The number of fused-ring (bicyclic) bond motifs is 2. The average molecular weight is 307 g/mol. The SMILES string of the molecule is Cc1ccc(C2CC3CCC2C3)c(C(=O)NS(C)(=O)=O)c1. The van der Waals surface area contributed by atoms with E-state index in [9.17, 15) is 13.2 Å². The minimum atomic E-state index is -3.53. The summed E-state index contributed by atoms with van der Waals surface area (Å²) in [5, 5.41) is 0. The second kappa shape index (κ2) is 5.13. The first-order chi connectivity index (χ1) is 9.83. The lowest BCUT2D eigenvalue weighted by Crippen LogP contribution is -2.30. The van der Waals surface area contributed by atoms with Crippen molar-refractivity contribution in [1.29, 1.82) is 0 Å². The molecule has 2 saturated carbocycles. The van der Waals surface area contributed by atoms with Gasteiger partial charge in [-0.05, 0) is 55.6 Å². The molecule has 114 valence electrons. The molecule has 0 heterocycles. The lowest BCUT2D eigenvalue weighted by Gasteiger charge is -2.24. The van der Waals surface area contributed by atoms with Crippen molar-refractivity contribution in [2.45, 2.75) is 38.5 Å². The van der Waals surface area contributed by atoms with Crippen molar-refractivity contribution in [2.75, 3.05) is 6.26 Å². The molecule has 0 aliphatic heterocycles. The number of carbonyl (C=O) groups excluding carboxylic acids is 1. The molecule has 3 atom stereocenters. The highest BCUT2D eigenvalue weighted by molar-refractivity contribution is 7.89. The van der Waals surface area contributed by atoms with Crippen LogP contribution < -0.4 is 4.72 Å². The Kier molecular flexibility index (Phi) is 3.56. The standard InChI is InChI=1S/C16H21NO3S/c1-10-3-6-13(14-9-11-4-5-12(14)8-11)15(7-10)16(18)17-21(2,19)20/h3,6-7,11-12,14H,4-5,8-9H2,1-2H3,(H,17,18). The summed E-state index contributed by atoms with van der Waals surface area (Å²) in [4.78, 5) is 12.3. The van der Waals surface area contributed by atoms with Crippen molar-refractivity contribution in [2.24, 2.45) is 11.8 Å². The van der Waals surface area contributed by atoms with Crippen LogP contribution in [-0.2, 0) is 10.0 Å². The molecule has 0 aromatic heterocycles. The van der Waals surface area contributed by atoms with Gasteiger partial charge in [0.1, 0.15) is 0 Å². The number of amides is 1. The van der Waals surface area contributed by atoms with Crippen molar-refractivity contribution >= 4 is 15.9 Å². The number of aryl methyl sites for hydroxylation is 1. The Morgan fingerprint density at radius 2 is 2.00 bits per heavy atom. The Balaban J connectivity index is 1.96. The first-order valence-electron chi connectivity index (χ1n) is 7.46. The molecule has 2 aliphatic rings. The van der Waals surface area contributed by atoms with Crippen LogP contribution in [0.25, 0.3) is 0 Å². The fourth-order valence-corrected chi connectivity index (χ4v) is 4.49. The van der Waals surface area contributed by atoms with Gasteiger partial charge in [-0.2, -0.15) is 0 Å². The van der Waals surface area contributed by atoms with Gasteiger partial charge in [0.15, 0.2) is 0 Å². The van der Waals surface area contributed by atoms with E-state index in [4.69, 9.17) is 0 Å². The van der Waals surface area contributed by atoms with Gasteiger partial charge >= 0.3 is 0 Å². The summed E-state index contributed by atoms with van der Waals surface area (Å²) < 4.78 is 24.8. The molecule has 3 unspecified atom stereocenters. The van der Waals surface area contributed by atoms with Crippen molar-refractivity contribution in [1.82, 2.24) is 4.72 Å². The molecule has 5 heteroatoms. The third-order valence-corrected chi connectivity index (χ3v) is 5.43. The number of hydrogen-bond acceptors (Lipinski definition) is 3. The van der Waals surface area contributed by atoms with Crippen LogP contribution in [0.2, 0.25) is 0 Å². The quantitative estimate of drug-likeness (QED) is 0.933. The summed E-state index contributed by atoms with van der Waals surface area (Å²) >= 11 is 0. The zero-order chi connectivity index (χ0) is 15.2. The van der Waals surface area contributed by atoms with Gasteiger partial charge in [0.05, 0.1) is 6.26 Å². The van der Waals surface area contributed by atoms with E-state index in [1.165, 1.54) is 19.3 Å². The predicted octanol–water partition coefficient (Wildman–Crippen LogP) is 2.59. The van der Waals surface area contributed by atoms with E-state index in [0.717, 1.165) is 29.7 Å². The Bertz CT molecular complexity index is 681. The van der Waals surface area contributed by atoms with Gasteiger partial charge in [-0.1, -0.05) is 24.1 Å². The molecule has 21 heavy (non-hydrogen) atoms. The van der Waals surface area contributed by atoms with Crippen molar-refractivity contribution < 1.29 is 13.2 Å². The van der Waals surface area contributed by atoms with Crippen molar-refractivity contribution in [3.05, 3.63) is 34.9 Å². The molecule has 1 aromatic rings. The van der Waals surface area contributed by atoms with Gasteiger partial charge in [-0.25, -0.2) is 13.1 Å². The average Bonchev–Trinajstić information content (AvgIpc) is 2.98. The number of hydrogen-bond donors (Lipinski definition) is 1. The van der Waals surface area contributed by atoms with Crippen LogP contribution >= 0.6 is 0 Å². The lowest BCUT2D eigenvalue weighted by molar-refractivity contribution is 0.0979. The van der Waals surface area contributed by atoms with E-state index in [1.807, 2.05) is 25.1 Å². The molecule has 4 nitrogen and oxygen atoms in total. The smallest absolute Gasteiger partial charge is 0.265 e. The molecule has 0 radical (unpaired) electrons. The first kappa shape index (κ1) is 14.6. The van der Waals surface area contributed by atoms with E-state index in [-0.39, 0.29) is 0 Å². The van der Waals surface area contributed by atoms with Crippen LogP contribution in [0.5, 0.6) is 0 Å². The second-order valence-electron chi connectivity index (χ2n) is 6.58. The molecule has 0 spiro atoms. The van der Waals surface area contributed by atoms with Crippen LogP contribution in [0.1, 0.15) is 53.1 Å². The zero-order valence-corrected chi connectivity index (χ0v) is 13.2. The van der Waals surface area contributed by atoms with Gasteiger partial charge in [0.2, 0.25) is 10.0 Å². The lowest BCUT2D eigenvalue weighted by atomic mass is 9.81. The maximum atomic E-state index is 12.3. The number of nitrogens with one attached hydrogen (secondary N) is 1. The molecule has 2 fully saturated rings. The molecule has 3 rings (SSSR count). The molecule has 0 saturated heterocycles. The van der Waals surface area contributed by atoms with Gasteiger partial charge < -0.3 is 0 Å². The molecule has 2 aliphatic carbocycles. The Morgan fingerprint density at radius 1 is 1.24 bits per heavy atom. The van der Waals surface area contributed by atoms with Crippen molar-refractivity contribution in [3.63, 3.8) is 0 Å².